The standard InChI is InChI=1S/C21H26N2O5S/c1-27-18-9-11-19(12-10-18)28-15-5-8-21(24)22-17-6-4-7-20(16-17)29(25,26)23-13-2-3-14-23/h4,6-7,9-12,16H,2-3,5,8,13-15H2,1H3,(H,22,24). The van der Waals surface area contributed by atoms with Gasteiger partial charge in [-0.05, 0) is 61.7 Å². The molecule has 0 bridgehead atoms. The van der Waals surface area contributed by atoms with E-state index in [4.69, 9.17) is 9.47 Å². The molecule has 0 aliphatic carbocycles. The van der Waals surface area contributed by atoms with Crippen LogP contribution in [-0.2, 0) is 14.8 Å². The van der Waals surface area contributed by atoms with E-state index in [2.05, 4.69) is 5.32 Å². The minimum Gasteiger partial charge on any atom is -0.497 e. The van der Waals surface area contributed by atoms with Gasteiger partial charge >= 0.3 is 0 Å². The Morgan fingerprint density at radius 1 is 1.07 bits per heavy atom. The normalized spacial score (nSPS) is 14.5. The van der Waals surface area contributed by atoms with Crippen molar-refractivity contribution >= 4 is 21.6 Å². The van der Waals surface area contributed by atoms with Crippen LogP contribution >= 0.6 is 0 Å². The lowest BCUT2D eigenvalue weighted by atomic mass is 10.2. The molecule has 0 spiro atoms. The second kappa shape index (κ2) is 9.76. The molecule has 0 aromatic heterocycles. The fraction of sp³-hybridized carbons (Fsp3) is 0.381. The van der Waals surface area contributed by atoms with Crippen LogP contribution in [0.2, 0.25) is 0 Å². The third-order valence-corrected chi connectivity index (χ3v) is 6.59. The molecule has 1 heterocycles. The topological polar surface area (TPSA) is 84.9 Å². The van der Waals surface area contributed by atoms with Gasteiger partial charge in [0.25, 0.3) is 0 Å². The molecular weight excluding hydrogens is 392 g/mol. The second-order valence-electron chi connectivity index (χ2n) is 6.81. The van der Waals surface area contributed by atoms with Gasteiger partial charge in [-0.2, -0.15) is 4.31 Å². The van der Waals surface area contributed by atoms with Crippen molar-refractivity contribution in [3.63, 3.8) is 0 Å². The zero-order valence-corrected chi connectivity index (χ0v) is 17.3. The van der Waals surface area contributed by atoms with Crippen LogP contribution in [0.1, 0.15) is 25.7 Å². The van der Waals surface area contributed by atoms with E-state index in [-0.39, 0.29) is 17.2 Å². The van der Waals surface area contributed by atoms with Gasteiger partial charge in [0.15, 0.2) is 0 Å². The summed E-state index contributed by atoms with van der Waals surface area (Å²) in [5.41, 5.74) is 0.478. The zero-order chi connectivity index (χ0) is 20.7. The third-order valence-electron chi connectivity index (χ3n) is 4.70. The summed E-state index contributed by atoms with van der Waals surface area (Å²) < 4.78 is 37.5. The number of benzene rings is 2. The number of rotatable bonds is 9. The molecule has 1 fully saturated rings. The fourth-order valence-electron chi connectivity index (χ4n) is 3.13. The molecule has 3 rings (SSSR count). The van der Waals surface area contributed by atoms with Crippen molar-refractivity contribution in [2.45, 2.75) is 30.6 Å². The highest BCUT2D eigenvalue weighted by atomic mass is 32.2. The Balaban J connectivity index is 1.47. The molecule has 2 aromatic rings. The van der Waals surface area contributed by atoms with Gasteiger partial charge in [0, 0.05) is 25.2 Å². The van der Waals surface area contributed by atoms with E-state index >= 15 is 0 Å². The van der Waals surface area contributed by atoms with E-state index < -0.39 is 10.0 Å². The van der Waals surface area contributed by atoms with Gasteiger partial charge in [-0.15, -0.1) is 0 Å². The average molecular weight is 419 g/mol. The van der Waals surface area contributed by atoms with Crippen LogP contribution in [0.3, 0.4) is 0 Å². The molecule has 2 aromatic carbocycles. The summed E-state index contributed by atoms with van der Waals surface area (Å²) in [6, 6.07) is 13.7. The Kier molecular flexibility index (Phi) is 7.11. The number of sulfonamides is 1. The summed E-state index contributed by atoms with van der Waals surface area (Å²) in [6.45, 7) is 1.50. The van der Waals surface area contributed by atoms with E-state index in [1.54, 1.807) is 25.3 Å². The molecule has 1 aliphatic rings. The number of anilines is 1. The highest BCUT2D eigenvalue weighted by Gasteiger charge is 2.27. The molecule has 0 saturated carbocycles. The number of methoxy groups -OCH3 is 1. The summed E-state index contributed by atoms with van der Waals surface area (Å²) in [5.74, 6) is 1.29. The lowest BCUT2D eigenvalue weighted by Crippen LogP contribution is -2.27. The van der Waals surface area contributed by atoms with Crippen molar-refractivity contribution in [2.24, 2.45) is 0 Å². The Morgan fingerprint density at radius 3 is 2.45 bits per heavy atom. The molecule has 1 saturated heterocycles. The van der Waals surface area contributed by atoms with Crippen LogP contribution in [0.25, 0.3) is 0 Å². The van der Waals surface area contributed by atoms with E-state index in [0.717, 1.165) is 18.6 Å². The summed E-state index contributed by atoms with van der Waals surface area (Å²) in [7, 11) is -1.90. The number of hydrogen-bond donors (Lipinski definition) is 1. The summed E-state index contributed by atoms with van der Waals surface area (Å²) in [6.07, 6.45) is 2.59. The van der Waals surface area contributed by atoms with Crippen LogP contribution < -0.4 is 14.8 Å². The number of carbonyl (C=O) groups is 1. The molecule has 0 radical (unpaired) electrons. The van der Waals surface area contributed by atoms with Crippen LogP contribution in [0, 0.1) is 0 Å². The first-order valence-corrected chi connectivity index (χ1v) is 11.1. The number of amides is 1. The average Bonchev–Trinajstić information content (AvgIpc) is 3.28. The van der Waals surface area contributed by atoms with Crippen LogP contribution in [-0.4, -0.2) is 45.4 Å². The maximum Gasteiger partial charge on any atom is 0.243 e. The summed E-state index contributed by atoms with van der Waals surface area (Å²) in [5, 5.41) is 2.76. The monoisotopic (exact) mass is 418 g/mol. The van der Waals surface area contributed by atoms with Gasteiger partial charge in [-0.25, -0.2) is 8.42 Å². The van der Waals surface area contributed by atoms with Crippen molar-refractivity contribution in [3.05, 3.63) is 48.5 Å². The lowest BCUT2D eigenvalue weighted by molar-refractivity contribution is -0.116. The first kappa shape index (κ1) is 21.1. The van der Waals surface area contributed by atoms with Gasteiger partial charge in [-0.1, -0.05) is 6.07 Å². The molecule has 1 N–H and O–H groups in total. The lowest BCUT2D eigenvalue weighted by Gasteiger charge is -2.16. The van der Waals surface area contributed by atoms with Gasteiger partial charge in [0.1, 0.15) is 11.5 Å². The summed E-state index contributed by atoms with van der Waals surface area (Å²) >= 11 is 0. The number of carbonyl (C=O) groups excluding carboxylic acids is 1. The molecule has 0 atom stereocenters. The maximum atomic E-state index is 12.6. The Morgan fingerprint density at radius 2 is 1.76 bits per heavy atom. The van der Waals surface area contributed by atoms with Gasteiger partial charge in [0.2, 0.25) is 15.9 Å². The van der Waals surface area contributed by atoms with E-state index in [0.29, 0.717) is 37.6 Å². The minimum absolute atomic E-state index is 0.181. The molecule has 0 unspecified atom stereocenters. The van der Waals surface area contributed by atoms with E-state index in [1.165, 1.54) is 10.4 Å². The van der Waals surface area contributed by atoms with Crippen molar-refractivity contribution < 1.29 is 22.7 Å². The first-order valence-electron chi connectivity index (χ1n) is 9.66. The third kappa shape index (κ3) is 5.71. The van der Waals surface area contributed by atoms with E-state index in [9.17, 15) is 13.2 Å². The molecular formula is C21H26N2O5S. The number of nitrogens with one attached hydrogen (secondary N) is 1. The van der Waals surface area contributed by atoms with Crippen molar-refractivity contribution in [3.8, 4) is 11.5 Å². The van der Waals surface area contributed by atoms with Crippen molar-refractivity contribution in [2.75, 3.05) is 32.1 Å². The predicted octanol–water partition coefficient (Wildman–Crippen LogP) is 3.28. The van der Waals surface area contributed by atoms with Crippen molar-refractivity contribution in [1.29, 1.82) is 0 Å². The predicted molar refractivity (Wildman–Crippen MR) is 111 cm³/mol. The molecule has 1 amide bonds. The number of nitrogens with zero attached hydrogens (tertiary/aromatic N) is 1. The quantitative estimate of drug-likeness (QED) is 0.632. The Labute approximate surface area is 171 Å². The van der Waals surface area contributed by atoms with Gasteiger partial charge in [-0.3, -0.25) is 4.79 Å². The van der Waals surface area contributed by atoms with Crippen LogP contribution in [0.4, 0.5) is 5.69 Å². The Hall–Kier alpha value is -2.58. The minimum atomic E-state index is -3.50. The second-order valence-corrected chi connectivity index (χ2v) is 8.75. The highest BCUT2D eigenvalue weighted by molar-refractivity contribution is 7.89. The SMILES string of the molecule is COc1ccc(OCCCC(=O)Nc2cccc(S(=O)(=O)N3CCCC3)c2)cc1. The largest absolute Gasteiger partial charge is 0.497 e. The van der Waals surface area contributed by atoms with Gasteiger partial charge < -0.3 is 14.8 Å². The number of ether oxygens (including phenoxy) is 2. The van der Waals surface area contributed by atoms with Crippen molar-refractivity contribution in [1.82, 2.24) is 4.31 Å². The summed E-state index contributed by atoms with van der Waals surface area (Å²) in [4.78, 5) is 12.4. The molecule has 156 valence electrons. The number of hydrogen-bond acceptors (Lipinski definition) is 5. The van der Waals surface area contributed by atoms with E-state index in [1.807, 2.05) is 24.3 Å². The molecule has 29 heavy (non-hydrogen) atoms. The van der Waals surface area contributed by atoms with Crippen LogP contribution in [0.15, 0.2) is 53.4 Å². The van der Waals surface area contributed by atoms with Crippen LogP contribution in [0.5, 0.6) is 11.5 Å². The fourth-order valence-corrected chi connectivity index (χ4v) is 4.69. The Bertz CT molecular complexity index is 922. The maximum absolute atomic E-state index is 12.6. The highest BCUT2D eigenvalue weighted by Crippen LogP contribution is 2.23. The molecule has 1 aliphatic heterocycles. The smallest absolute Gasteiger partial charge is 0.243 e. The first-order chi connectivity index (χ1) is 14.0. The molecule has 7 nitrogen and oxygen atoms in total. The zero-order valence-electron chi connectivity index (χ0n) is 16.5. The molecule has 8 heteroatoms. The van der Waals surface area contributed by atoms with Gasteiger partial charge in [0.05, 0.1) is 18.6 Å².